The standard InChI is InChI=1S/C20H17ClFN3S/c1-23-12-25(2)18-8-5-13(10-19(18)26)15-4-3-9-24-20(15)16-11-14(21)6-7-17(16)22/h3-12,26H,1-2H3/p+1. The van der Waals surface area contributed by atoms with Crippen molar-refractivity contribution < 1.29 is 8.97 Å². The zero-order valence-electron chi connectivity index (χ0n) is 14.4. The van der Waals surface area contributed by atoms with E-state index in [2.05, 4.69) is 22.9 Å². The van der Waals surface area contributed by atoms with E-state index in [-0.39, 0.29) is 5.82 Å². The number of benzene rings is 2. The molecule has 0 fully saturated rings. The molecular weight excluding hydrogens is 369 g/mol. The molecular formula is C20H18ClFN3S+. The second-order valence-corrected chi connectivity index (χ2v) is 6.67. The van der Waals surface area contributed by atoms with Crippen molar-refractivity contribution in [3.05, 3.63) is 65.6 Å². The van der Waals surface area contributed by atoms with E-state index in [4.69, 9.17) is 11.6 Å². The van der Waals surface area contributed by atoms with Crippen LogP contribution in [0.15, 0.2) is 59.6 Å². The summed E-state index contributed by atoms with van der Waals surface area (Å²) in [7, 11) is 3.77. The van der Waals surface area contributed by atoms with E-state index in [1.807, 2.05) is 55.3 Å². The van der Waals surface area contributed by atoms with Crippen LogP contribution in [0, 0.1) is 5.82 Å². The fourth-order valence-corrected chi connectivity index (χ4v) is 3.33. The first-order chi connectivity index (χ1) is 12.5. The molecule has 1 heterocycles. The van der Waals surface area contributed by atoms with Gasteiger partial charge in [0.25, 0.3) is 0 Å². The summed E-state index contributed by atoms with van der Waals surface area (Å²) >= 11 is 10.7. The molecule has 2 aromatic carbocycles. The Balaban J connectivity index is 2.13. The van der Waals surface area contributed by atoms with Crippen LogP contribution in [0.3, 0.4) is 0 Å². The minimum Gasteiger partial charge on any atom is -0.283 e. The summed E-state index contributed by atoms with van der Waals surface area (Å²) in [5, 5.41) is 3.45. The molecule has 132 valence electrons. The number of aromatic nitrogens is 1. The van der Waals surface area contributed by atoms with Gasteiger partial charge in [0.1, 0.15) is 11.5 Å². The van der Waals surface area contributed by atoms with Gasteiger partial charge in [-0.15, -0.1) is 12.6 Å². The Labute approximate surface area is 162 Å². The Morgan fingerprint density at radius 1 is 1.15 bits per heavy atom. The van der Waals surface area contributed by atoms with E-state index >= 15 is 0 Å². The van der Waals surface area contributed by atoms with Crippen molar-refractivity contribution in [1.29, 1.82) is 0 Å². The van der Waals surface area contributed by atoms with Gasteiger partial charge in [0.2, 0.25) is 6.34 Å². The lowest BCUT2D eigenvalue weighted by Crippen LogP contribution is -2.12. The predicted molar refractivity (Wildman–Crippen MR) is 108 cm³/mol. The molecule has 6 heteroatoms. The first-order valence-corrected chi connectivity index (χ1v) is 8.81. The van der Waals surface area contributed by atoms with Crippen molar-refractivity contribution in [3.8, 4) is 22.4 Å². The molecule has 0 saturated heterocycles. The number of nitrogens with one attached hydrogen (secondary N) is 1. The summed E-state index contributed by atoms with van der Waals surface area (Å²) in [6.07, 6.45) is 3.48. The normalized spacial score (nSPS) is 11.5. The van der Waals surface area contributed by atoms with Crippen LogP contribution in [0.5, 0.6) is 0 Å². The number of pyridine rings is 1. The number of halogens is 2. The summed E-state index contributed by atoms with van der Waals surface area (Å²) < 4.78 is 16.3. The fraction of sp³-hybridized carbons (Fsp3) is 0.100. The molecule has 3 rings (SSSR count). The first-order valence-electron chi connectivity index (χ1n) is 7.98. The number of hydrogen-bond donors (Lipinski definition) is 2. The lowest BCUT2D eigenvalue weighted by molar-refractivity contribution is -0.404. The van der Waals surface area contributed by atoms with Crippen LogP contribution in [-0.4, -0.2) is 30.0 Å². The number of thiol groups is 1. The molecule has 0 aliphatic heterocycles. The number of nitrogens with zero attached hydrogens (tertiary/aromatic N) is 2. The second kappa shape index (κ2) is 7.89. The summed E-state index contributed by atoms with van der Waals surface area (Å²) in [6.45, 7) is 0. The highest BCUT2D eigenvalue weighted by atomic mass is 35.5. The maximum atomic E-state index is 14.4. The third kappa shape index (κ3) is 3.74. The van der Waals surface area contributed by atoms with E-state index in [1.165, 1.54) is 12.1 Å². The number of hydrogen-bond acceptors (Lipinski definition) is 2. The van der Waals surface area contributed by atoms with E-state index in [0.29, 0.717) is 16.3 Å². The van der Waals surface area contributed by atoms with Crippen LogP contribution in [0.2, 0.25) is 5.02 Å². The van der Waals surface area contributed by atoms with Crippen LogP contribution in [0.4, 0.5) is 10.1 Å². The Hall–Kier alpha value is -2.37. The molecule has 26 heavy (non-hydrogen) atoms. The summed E-state index contributed by atoms with van der Waals surface area (Å²) in [5.74, 6) is -0.361. The van der Waals surface area contributed by atoms with Crippen molar-refractivity contribution in [2.45, 2.75) is 4.90 Å². The van der Waals surface area contributed by atoms with Crippen molar-refractivity contribution in [2.24, 2.45) is 0 Å². The average Bonchev–Trinajstić information content (AvgIpc) is 2.64. The van der Waals surface area contributed by atoms with Gasteiger partial charge in [0.15, 0.2) is 0 Å². The molecule has 3 aromatic rings. The van der Waals surface area contributed by atoms with Crippen LogP contribution in [-0.2, 0) is 0 Å². The van der Waals surface area contributed by atoms with Gasteiger partial charge in [-0.2, -0.15) is 0 Å². The SMILES string of the molecule is CNC=[N+](C)c1ccc(-c2cccnc2-c2cc(Cl)ccc2F)cc1S. The van der Waals surface area contributed by atoms with Crippen molar-refractivity contribution >= 4 is 36.3 Å². The Morgan fingerprint density at radius 3 is 2.69 bits per heavy atom. The maximum absolute atomic E-state index is 14.4. The third-order valence-corrected chi connectivity index (χ3v) is 4.57. The molecule has 0 atom stereocenters. The van der Waals surface area contributed by atoms with Gasteiger partial charge in [-0.05, 0) is 42.0 Å². The zero-order valence-corrected chi connectivity index (χ0v) is 16.0. The molecule has 0 unspecified atom stereocenters. The number of rotatable bonds is 4. The van der Waals surface area contributed by atoms with E-state index < -0.39 is 0 Å². The molecule has 0 aliphatic rings. The summed E-state index contributed by atoms with van der Waals surface area (Å²) in [6, 6.07) is 14.1. The summed E-state index contributed by atoms with van der Waals surface area (Å²) in [4.78, 5) is 5.20. The smallest absolute Gasteiger partial charge is 0.236 e. The molecule has 0 amide bonds. The highest BCUT2D eigenvalue weighted by Gasteiger charge is 2.15. The highest BCUT2D eigenvalue weighted by Crippen LogP contribution is 2.35. The Bertz CT molecular complexity index is 989. The fourth-order valence-electron chi connectivity index (χ4n) is 2.78. The average molecular weight is 387 g/mol. The Kier molecular flexibility index (Phi) is 5.59. The topological polar surface area (TPSA) is 27.9 Å². The second-order valence-electron chi connectivity index (χ2n) is 5.76. The lowest BCUT2D eigenvalue weighted by Gasteiger charge is -2.12. The van der Waals surface area contributed by atoms with E-state index in [9.17, 15) is 4.39 Å². The van der Waals surface area contributed by atoms with Gasteiger partial charge in [-0.1, -0.05) is 23.7 Å². The van der Waals surface area contributed by atoms with Crippen molar-refractivity contribution in [3.63, 3.8) is 0 Å². The van der Waals surface area contributed by atoms with Gasteiger partial charge in [0, 0.05) is 22.3 Å². The van der Waals surface area contributed by atoms with Crippen LogP contribution in [0.1, 0.15) is 0 Å². The van der Waals surface area contributed by atoms with Crippen molar-refractivity contribution in [1.82, 2.24) is 10.3 Å². The quantitative estimate of drug-likeness (QED) is 0.285. The minimum absolute atomic E-state index is 0.361. The van der Waals surface area contributed by atoms with E-state index in [1.54, 1.807) is 12.3 Å². The van der Waals surface area contributed by atoms with Gasteiger partial charge < -0.3 is 0 Å². The van der Waals surface area contributed by atoms with Gasteiger partial charge in [0.05, 0.1) is 24.7 Å². The molecule has 1 aromatic heterocycles. The third-order valence-electron chi connectivity index (χ3n) is 3.98. The Morgan fingerprint density at radius 2 is 1.96 bits per heavy atom. The van der Waals surface area contributed by atoms with Gasteiger partial charge in [-0.25, -0.2) is 8.97 Å². The van der Waals surface area contributed by atoms with E-state index in [0.717, 1.165) is 21.7 Å². The molecule has 0 spiro atoms. The van der Waals surface area contributed by atoms with Gasteiger partial charge in [-0.3, -0.25) is 10.3 Å². The highest BCUT2D eigenvalue weighted by molar-refractivity contribution is 7.80. The summed E-state index contributed by atoms with van der Waals surface area (Å²) in [5.41, 5.74) is 3.59. The molecule has 0 saturated carbocycles. The van der Waals surface area contributed by atoms with Crippen LogP contribution < -0.4 is 5.32 Å². The molecule has 1 N–H and O–H groups in total. The molecule has 3 nitrogen and oxygen atoms in total. The maximum Gasteiger partial charge on any atom is 0.236 e. The molecule has 0 aliphatic carbocycles. The molecule has 0 bridgehead atoms. The lowest BCUT2D eigenvalue weighted by atomic mass is 9.99. The minimum atomic E-state index is -0.361. The molecule has 0 radical (unpaired) electrons. The predicted octanol–water partition coefficient (Wildman–Crippen LogP) is 5.02. The zero-order chi connectivity index (χ0) is 18.7. The van der Waals surface area contributed by atoms with Crippen LogP contribution >= 0.6 is 24.2 Å². The monoisotopic (exact) mass is 386 g/mol. The van der Waals surface area contributed by atoms with Crippen molar-refractivity contribution in [2.75, 3.05) is 14.1 Å². The first kappa shape index (κ1) is 18.4. The largest absolute Gasteiger partial charge is 0.283 e. The van der Waals surface area contributed by atoms with Gasteiger partial charge >= 0.3 is 0 Å². The van der Waals surface area contributed by atoms with Crippen LogP contribution in [0.25, 0.3) is 22.4 Å².